The summed E-state index contributed by atoms with van der Waals surface area (Å²) in [7, 11) is 0. The van der Waals surface area contributed by atoms with Gasteiger partial charge in [0, 0.05) is 45.6 Å². The summed E-state index contributed by atoms with van der Waals surface area (Å²) in [6, 6.07) is 0. The average Bonchev–Trinajstić information content (AvgIpc) is 3.89. The Balaban J connectivity index is 2.75. The molecule has 2 atom stereocenters. The van der Waals surface area contributed by atoms with E-state index in [2.05, 4.69) is 86.5 Å². The minimum Gasteiger partial charge on any atom is -0.465 e. The summed E-state index contributed by atoms with van der Waals surface area (Å²) >= 11 is 0. The van der Waals surface area contributed by atoms with Crippen molar-refractivity contribution in [1.82, 2.24) is 10.2 Å². The van der Waals surface area contributed by atoms with Crippen LogP contribution < -0.4 is 5.32 Å². The number of nitrogens with one attached hydrogen (secondary N) is 1. The number of esters is 3. The van der Waals surface area contributed by atoms with Gasteiger partial charge in [-0.15, -0.1) is 0 Å². The van der Waals surface area contributed by atoms with E-state index < -0.39 is 36.3 Å². The molecular weight excluding hydrogens is 897 g/mol. The Morgan fingerprint density at radius 2 is 0.986 bits per heavy atom. The first-order chi connectivity index (χ1) is 34.8. The molecule has 1 aliphatic heterocycles. The fourth-order valence-electron chi connectivity index (χ4n) is 8.11. The fraction of sp³-hybridized carbons (Fsp3) is 0.797. The van der Waals surface area contributed by atoms with Crippen molar-refractivity contribution in [2.24, 2.45) is 5.92 Å². The number of rotatable bonds is 49. The second-order valence-corrected chi connectivity index (χ2v) is 19.2. The summed E-state index contributed by atoms with van der Waals surface area (Å²) < 4.78 is 35.1. The minimum atomic E-state index is -0.550. The van der Waals surface area contributed by atoms with Crippen LogP contribution in [0.15, 0.2) is 48.6 Å². The van der Waals surface area contributed by atoms with Gasteiger partial charge in [0.25, 0.3) is 0 Å². The molecule has 1 heterocycles. The van der Waals surface area contributed by atoms with Crippen LogP contribution in [-0.2, 0) is 42.8 Å². The van der Waals surface area contributed by atoms with E-state index in [1.54, 1.807) is 0 Å². The van der Waals surface area contributed by atoms with E-state index in [4.69, 9.17) is 28.4 Å². The van der Waals surface area contributed by atoms with Gasteiger partial charge in [0.1, 0.15) is 25.9 Å². The maximum atomic E-state index is 13.2. The summed E-state index contributed by atoms with van der Waals surface area (Å²) in [4.78, 5) is 54.3. The third kappa shape index (κ3) is 43.8. The molecule has 0 aliphatic carbocycles. The van der Waals surface area contributed by atoms with Crippen LogP contribution in [-0.4, -0.2) is 101 Å². The van der Waals surface area contributed by atoms with Crippen molar-refractivity contribution < 1.29 is 47.6 Å². The molecule has 12 heteroatoms. The van der Waals surface area contributed by atoms with E-state index >= 15 is 0 Å². The molecule has 0 aromatic carbocycles. The van der Waals surface area contributed by atoms with Crippen LogP contribution in [0.25, 0.3) is 0 Å². The van der Waals surface area contributed by atoms with E-state index in [0.717, 1.165) is 142 Å². The van der Waals surface area contributed by atoms with Crippen molar-refractivity contribution in [3.63, 3.8) is 0 Å². The van der Waals surface area contributed by atoms with E-state index in [0.29, 0.717) is 45.4 Å². The number of hydrogen-bond acceptors (Lipinski definition) is 11. The molecule has 0 spiro atoms. The molecule has 0 saturated carbocycles. The monoisotopic (exact) mass is 1000 g/mol. The highest BCUT2D eigenvalue weighted by Crippen LogP contribution is 2.17. The average molecular weight is 1000 g/mol. The van der Waals surface area contributed by atoms with Gasteiger partial charge in [0.15, 0.2) is 6.29 Å². The molecule has 71 heavy (non-hydrogen) atoms. The number of likely N-dealkylation sites (tertiary alicyclic amines) is 1. The van der Waals surface area contributed by atoms with Crippen molar-refractivity contribution in [2.75, 3.05) is 59.2 Å². The first-order valence-corrected chi connectivity index (χ1v) is 28.8. The number of amides is 1. The minimum absolute atomic E-state index is 0.0455. The zero-order valence-electron chi connectivity index (χ0n) is 45.7. The highest BCUT2D eigenvalue weighted by Gasteiger charge is 2.22. The molecule has 0 aromatic rings. The van der Waals surface area contributed by atoms with Gasteiger partial charge in [-0.2, -0.15) is 0 Å². The molecule has 12 nitrogen and oxygen atoms in total. The first-order valence-electron chi connectivity index (χ1n) is 28.8. The highest BCUT2D eigenvalue weighted by molar-refractivity contribution is 5.70. The number of hydrogen-bond donors (Lipinski definition) is 1. The first kappa shape index (κ1) is 65.5. The molecule has 1 amide bonds. The molecule has 2 unspecified atom stereocenters. The smallest absolute Gasteiger partial charge is 0.407 e. The number of carbonyl (C=O) groups excluding carboxylic acids is 4. The number of ether oxygens (including phenoxy) is 6. The van der Waals surface area contributed by atoms with Gasteiger partial charge < -0.3 is 38.6 Å². The molecule has 0 aromatic heterocycles. The molecule has 0 bridgehead atoms. The second-order valence-electron chi connectivity index (χ2n) is 19.2. The molecule has 1 N–H and O–H groups in total. The predicted octanol–water partition coefficient (Wildman–Crippen LogP) is 14.4. The number of allylic oxidation sites excluding steroid dienone is 8. The third-order valence-corrected chi connectivity index (χ3v) is 12.5. The SMILES string of the molecule is CC/C=C\CCCCOC(CCC(=O)OCC(COC(=O)CCCCCCC/C=C\C/C=C\CCCCC)COC(=O)CCC(CCCCCC)OC(=O)NCCN1CCCC1)OCCCC/C=C\CC. The van der Waals surface area contributed by atoms with E-state index in [1.807, 2.05) is 0 Å². The molecule has 1 rings (SSSR count). The highest BCUT2D eigenvalue weighted by atomic mass is 16.7. The van der Waals surface area contributed by atoms with E-state index in [-0.39, 0.29) is 38.6 Å². The van der Waals surface area contributed by atoms with Crippen molar-refractivity contribution in [3.05, 3.63) is 48.6 Å². The fourth-order valence-corrected chi connectivity index (χ4v) is 8.11. The predicted molar refractivity (Wildman–Crippen MR) is 289 cm³/mol. The molecule has 410 valence electrons. The van der Waals surface area contributed by atoms with Crippen molar-refractivity contribution in [2.45, 2.75) is 239 Å². The second kappa shape index (κ2) is 50.1. The maximum Gasteiger partial charge on any atom is 0.407 e. The van der Waals surface area contributed by atoms with Crippen LogP contribution in [0.1, 0.15) is 227 Å². The Hall–Kier alpha value is -3.48. The van der Waals surface area contributed by atoms with E-state index in [9.17, 15) is 19.2 Å². The molecule has 1 fully saturated rings. The third-order valence-electron chi connectivity index (χ3n) is 12.5. The topological polar surface area (TPSA) is 139 Å². The van der Waals surface area contributed by atoms with Crippen LogP contribution in [0, 0.1) is 5.92 Å². The zero-order valence-corrected chi connectivity index (χ0v) is 45.7. The van der Waals surface area contributed by atoms with Crippen LogP contribution in [0.3, 0.4) is 0 Å². The molecule has 1 saturated heterocycles. The zero-order chi connectivity index (χ0) is 51.5. The van der Waals surface area contributed by atoms with Gasteiger partial charge in [-0.05, 0) is 135 Å². The maximum absolute atomic E-state index is 13.2. The lowest BCUT2D eigenvalue weighted by Gasteiger charge is -2.20. The van der Waals surface area contributed by atoms with Gasteiger partial charge in [0.2, 0.25) is 0 Å². The Bertz CT molecular complexity index is 1370. The van der Waals surface area contributed by atoms with Crippen molar-refractivity contribution >= 4 is 24.0 Å². The van der Waals surface area contributed by atoms with Crippen molar-refractivity contribution in [1.29, 1.82) is 0 Å². The van der Waals surface area contributed by atoms with E-state index in [1.165, 1.54) is 38.5 Å². The quantitative estimate of drug-likeness (QED) is 0.0205. The van der Waals surface area contributed by atoms with Crippen LogP contribution in [0.2, 0.25) is 0 Å². The van der Waals surface area contributed by atoms with Gasteiger partial charge >= 0.3 is 24.0 Å². The Labute approximate surface area is 433 Å². The lowest BCUT2D eigenvalue weighted by Crippen LogP contribution is -2.35. The summed E-state index contributed by atoms with van der Waals surface area (Å²) in [6.45, 7) is 13.0. The number of unbranched alkanes of at least 4 members (excludes halogenated alkanes) is 15. The Kier molecular flexibility index (Phi) is 46.2. The summed E-state index contributed by atoms with van der Waals surface area (Å²) in [5, 5.41) is 2.88. The number of alkyl carbamates (subject to hydrolysis) is 1. The largest absolute Gasteiger partial charge is 0.465 e. The number of carbonyl (C=O) groups is 4. The Morgan fingerprint density at radius 3 is 1.56 bits per heavy atom. The normalized spacial score (nSPS) is 14.1. The standard InChI is InChI=1S/C59H104N2O10/c1-5-9-13-17-20-21-22-23-24-25-26-27-28-29-33-39-55(62)68-50-53(51-69-56(63)41-40-54(38-32-16-12-8-4)71-59(65)60-44-47-61-45-34-35-46-61)52-70-57(64)42-43-58(66-48-36-30-18-14-10-6-2)67-49-37-31-19-15-11-7-3/h10-11,14-15,20-21,23-24,53-54,58H,5-9,12-13,16-19,22,25-52H2,1-4H3,(H,60,65)/b14-10-,15-11-,21-20-,24-23-. The summed E-state index contributed by atoms with van der Waals surface area (Å²) in [6.07, 6.45) is 44.7. The molecular formula is C59H104N2O10. The lowest BCUT2D eigenvalue weighted by molar-refractivity contribution is -0.162. The number of nitrogens with zero attached hydrogens (tertiary/aromatic N) is 1. The molecule has 0 radical (unpaired) electrons. The van der Waals surface area contributed by atoms with Gasteiger partial charge in [-0.3, -0.25) is 14.4 Å². The van der Waals surface area contributed by atoms with Crippen LogP contribution in [0.4, 0.5) is 4.79 Å². The van der Waals surface area contributed by atoms with Crippen molar-refractivity contribution in [3.8, 4) is 0 Å². The van der Waals surface area contributed by atoms with Crippen LogP contribution in [0.5, 0.6) is 0 Å². The van der Waals surface area contributed by atoms with Gasteiger partial charge in [0.05, 0.1) is 12.3 Å². The van der Waals surface area contributed by atoms with Gasteiger partial charge in [-0.25, -0.2) is 4.79 Å². The lowest BCUT2D eigenvalue weighted by atomic mass is 10.1. The molecule has 1 aliphatic rings. The summed E-state index contributed by atoms with van der Waals surface area (Å²) in [5.41, 5.74) is 0. The van der Waals surface area contributed by atoms with Gasteiger partial charge in [-0.1, -0.05) is 128 Å². The summed E-state index contributed by atoms with van der Waals surface area (Å²) in [5.74, 6) is -1.74. The Morgan fingerprint density at radius 1 is 0.507 bits per heavy atom. The van der Waals surface area contributed by atoms with Crippen LogP contribution >= 0.6 is 0 Å².